The summed E-state index contributed by atoms with van der Waals surface area (Å²) in [6, 6.07) is 0. The largest absolute Gasteiger partial charge is 0.381 e. The van der Waals surface area contributed by atoms with Gasteiger partial charge in [0.2, 0.25) is 0 Å². The van der Waals surface area contributed by atoms with Crippen LogP contribution in [0.1, 0.15) is 39.0 Å². The van der Waals surface area contributed by atoms with Gasteiger partial charge in [-0.05, 0) is 38.0 Å². The summed E-state index contributed by atoms with van der Waals surface area (Å²) in [6.07, 6.45) is 6.08. The van der Waals surface area contributed by atoms with E-state index in [1.165, 1.54) is 19.3 Å². The molecule has 2 unspecified atom stereocenters. The van der Waals surface area contributed by atoms with Crippen molar-refractivity contribution >= 4 is 11.6 Å². The van der Waals surface area contributed by atoms with Gasteiger partial charge in [-0.25, -0.2) is 0 Å². The van der Waals surface area contributed by atoms with E-state index in [9.17, 15) is 0 Å². The fraction of sp³-hybridized carbons (Fsp3) is 1.00. The molecule has 0 aliphatic carbocycles. The second-order valence-corrected chi connectivity index (χ2v) is 4.28. The van der Waals surface area contributed by atoms with Gasteiger partial charge in [-0.15, -0.1) is 11.6 Å². The van der Waals surface area contributed by atoms with Crippen LogP contribution >= 0.6 is 11.6 Å². The van der Waals surface area contributed by atoms with E-state index in [0.717, 1.165) is 32.0 Å². The molecule has 0 aromatic rings. The molecule has 0 N–H and O–H groups in total. The van der Waals surface area contributed by atoms with Gasteiger partial charge in [-0.1, -0.05) is 6.92 Å². The summed E-state index contributed by atoms with van der Waals surface area (Å²) >= 11 is 6.04. The summed E-state index contributed by atoms with van der Waals surface area (Å²) in [5.41, 5.74) is 0. The summed E-state index contributed by atoms with van der Waals surface area (Å²) in [5, 5.41) is 0.381. The lowest BCUT2D eigenvalue weighted by Crippen LogP contribution is -2.18. The van der Waals surface area contributed by atoms with Gasteiger partial charge in [0.25, 0.3) is 0 Å². The predicted octanol–water partition coefficient (Wildman–Crippen LogP) is 3.21. The van der Waals surface area contributed by atoms with Gasteiger partial charge in [-0.3, -0.25) is 0 Å². The molecule has 1 rings (SSSR count). The van der Waals surface area contributed by atoms with Crippen LogP contribution < -0.4 is 0 Å². The van der Waals surface area contributed by atoms with Crippen LogP contribution in [0.5, 0.6) is 0 Å². The molecule has 0 aromatic heterocycles. The fourth-order valence-corrected chi connectivity index (χ4v) is 1.78. The van der Waals surface area contributed by atoms with Crippen molar-refractivity contribution in [1.29, 1.82) is 0 Å². The van der Waals surface area contributed by atoms with Crippen LogP contribution in [0.15, 0.2) is 0 Å². The molecule has 2 heteroatoms. The highest BCUT2D eigenvalue weighted by Gasteiger charge is 2.14. The molecule has 0 amide bonds. The highest BCUT2D eigenvalue weighted by atomic mass is 35.5. The molecule has 0 radical (unpaired) electrons. The Morgan fingerprint density at radius 1 is 1.58 bits per heavy atom. The maximum absolute atomic E-state index is 6.04. The zero-order chi connectivity index (χ0) is 8.81. The van der Waals surface area contributed by atoms with E-state index in [1.54, 1.807) is 0 Å². The summed E-state index contributed by atoms with van der Waals surface area (Å²) in [5.74, 6) is 0.784. The Morgan fingerprint density at radius 2 is 2.42 bits per heavy atom. The number of halogens is 1. The molecule has 0 saturated carbocycles. The first-order chi connectivity index (χ1) is 5.83. The molecule has 1 nitrogen and oxygen atoms in total. The first-order valence-corrected chi connectivity index (χ1v) is 5.48. The van der Waals surface area contributed by atoms with E-state index in [0.29, 0.717) is 5.38 Å². The van der Waals surface area contributed by atoms with Gasteiger partial charge < -0.3 is 4.74 Å². The lowest BCUT2D eigenvalue weighted by Gasteiger charge is -2.22. The first-order valence-electron chi connectivity index (χ1n) is 5.04. The first kappa shape index (κ1) is 10.3. The van der Waals surface area contributed by atoms with E-state index < -0.39 is 0 Å². The van der Waals surface area contributed by atoms with Crippen LogP contribution in [-0.4, -0.2) is 18.6 Å². The van der Waals surface area contributed by atoms with E-state index in [1.807, 2.05) is 0 Å². The van der Waals surface area contributed by atoms with Crippen LogP contribution in [0.2, 0.25) is 0 Å². The molecular formula is C10H19ClO. The molecule has 12 heavy (non-hydrogen) atoms. The lowest BCUT2D eigenvalue weighted by molar-refractivity contribution is 0.0508. The van der Waals surface area contributed by atoms with Crippen LogP contribution in [0.3, 0.4) is 0 Å². The zero-order valence-electron chi connectivity index (χ0n) is 7.89. The van der Waals surface area contributed by atoms with Crippen LogP contribution in [-0.2, 0) is 4.74 Å². The van der Waals surface area contributed by atoms with Crippen molar-refractivity contribution in [2.75, 3.05) is 13.2 Å². The van der Waals surface area contributed by atoms with Gasteiger partial charge in [-0.2, -0.15) is 0 Å². The third kappa shape index (κ3) is 3.77. The van der Waals surface area contributed by atoms with Crippen molar-refractivity contribution in [2.24, 2.45) is 5.92 Å². The average molecular weight is 191 g/mol. The number of alkyl halides is 1. The third-order valence-electron chi connectivity index (χ3n) is 2.59. The quantitative estimate of drug-likeness (QED) is 0.619. The Morgan fingerprint density at radius 3 is 3.00 bits per heavy atom. The second kappa shape index (κ2) is 5.82. The average Bonchev–Trinajstić information content (AvgIpc) is 2.16. The molecule has 1 aliphatic heterocycles. The topological polar surface area (TPSA) is 9.23 Å². The van der Waals surface area contributed by atoms with Crippen molar-refractivity contribution in [3.8, 4) is 0 Å². The molecule has 72 valence electrons. The van der Waals surface area contributed by atoms with E-state index >= 15 is 0 Å². The van der Waals surface area contributed by atoms with Crippen LogP contribution in [0.25, 0.3) is 0 Å². The minimum Gasteiger partial charge on any atom is -0.381 e. The molecular weight excluding hydrogens is 172 g/mol. The molecule has 0 bridgehead atoms. The van der Waals surface area contributed by atoms with Crippen LogP contribution in [0, 0.1) is 5.92 Å². The predicted molar refractivity (Wildman–Crippen MR) is 52.7 cm³/mol. The Balaban J connectivity index is 2.05. The lowest BCUT2D eigenvalue weighted by atomic mass is 9.95. The SMILES string of the molecule is CCC(Cl)CCC1CCCOC1. The number of hydrogen-bond donors (Lipinski definition) is 0. The fourth-order valence-electron chi connectivity index (χ4n) is 1.66. The number of ether oxygens (including phenoxy) is 1. The van der Waals surface area contributed by atoms with Crippen molar-refractivity contribution in [3.63, 3.8) is 0 Å². The van der Waals surface area contributed by atoms with Gasteiger partial charge in [0.15, 0.2) is 0 Å². The van der Waals surface area contributed by atoms with Crippen molar-refractivity contribution in [2.45, 2.75) is 44.4 Å². The highest BCUT2D eigenvalue weighted by Crippen LogP contribution is 2.21. The van der Waals surface area contributed by atoms with E-state index in [-0.39, 0.29) is 0 Å². The maximum atomic E-state index is 6.04. The number of rotatable bonds is 4. The Kier molecular flexibility index (Phi) is 5.01. The highest BCUT2D eigenvalue weighted by molar-refractivity contribution is 6.20. The smallest absolute Gasteiger partial charge is 0.0494 e. The van der Waals surface area contributed by atoms with Crippen molar-refractivity contribution < 1.29 is 4.74 Å². The van der Waals surface area contributed by atoms with E-state index in [4.69, 9.17) is 16.3 Å². The molecule has 0 aromatic carbocycles. The van der Waals surface area contributed by atoms with Gasteiger partial charge in [0.1, 0.15) is 0 Å². The molecule has 1 heterocycles. The van der Waals surface area contributed by atoms with Crippen molar-refractivity contribution in [3.05, 3.63) is 0 Å². The molecule has 1 saturated heterocycles. The Labute approximate surface area is 80.4 Å². The summed E-state index contributed by atoms with van der Waals surface area (Å²) in [6.45, 7) is 4.08. The third-order valence-corrected chi connectivity index (χ3v) is 3.11. The Bertz CT molecular complexity index is 110. The monoisotopic (exact) mass is 190 g/mol. The minimum atomic E-state index is 0.381. The zero-order valence-corrected chi connectivity index (χ0v) is 8.65. The maximum Gasteiger partial charge on any atom is 0.0494 e. The van der Waals surface area contributed by atoms with Crippen molar-refractivity contribution in [1.82, 2.24) is 0 Å². The molecule has 0 spiro atoms. The van der Waals surface area contributed by atoms with Gasteiger partial charge in [0, 0.05) is 18.6 Å². The minimum absolute atomic E-state index is 0.381. The van der Waals surface area contributed by atoms with Gasteiger partial charge in [0.05, 0.1) is 0 Å². The molecule has 1 fully saturated rings. The number of hydrogen-bond acceptors (Lipinski definition) is 1. The Hall–Kier alpha value is 0.250. The summed E-state index contributed by atoms with van der Waals surface area (Å²) < 4.78 is 5.40. The van der Waals surface area contributed by atoms with Crippen LogP contribution in [0.4, 0.5) is 0 Å². The summed E-state index contributed by atoms with van der Waals surface area (Å²) in [4.78, 5) is 0. The van der Waals surface area contributed by atoms with Gasteiger partial charge >= 0.3 is 0 Å². The normalized spacial score (nSPS) is 27.0. The second-order valence-electron chi connectivity index (χ2n) is 3.67. The molecule has 1 aliphatic rings. The van der Waals surface area contributed by atoms with E-state index in [2.05, 4.69) is 6.92 Å². The molecule has 2 atom stereocenters. The standard InChI is InChI=1S/C10H19ClO/c1-2-10(11)6-5-9-4-3-7-12-8-9/h9-10H,2-8H2,1H3. The summed E-state index contributed by atoms with van der Waals surface area (Å²) in [7, 11) is 0.